The minimum atomic E-state index is 0.128. The highest BCUT2D eigenvalue weighted by molar-refractivity contribution is 8.00. The number of carbonyl (C=O) groups is 1. The van der Waals surface area contributed by atoms with Crippen molar-refractivity contribution in [1.82, 2.24) is 4.90 Å². The number of thioether (sulfide) groups is 1. The Hall–Kier alpha value is -2.14. The Morgan fingerprint density at radius 1 is 1.00 bits per heavy atom. The van der Waals surface area contributed by atoms with Crippen LogP contribution in [0, 0.1) is 0 Å². The van der Waals surface area contributed by atoms with Crippen LogP contribution in [0.1, 0.15) is 23.2 Å². The largest absolute Gasteiger partial charge is 0.493 e. The zero-order valence-electron chi connectivity index (χ0n) is 14.6. The van der Waals surface area contributed by atoms with E-state index in [2.05, 4.69) is 6.07 Å². The smallest absolute Gasteiger partial charge is 0.253 e. The number of nitrogens with zero attached hydrogens (tertiary/aromatic N) is 1. The van der Waals surface area contributed by atoms with E-state index in [9.17, 15) is 4.79 Å². The molecule has 5 heteroatoms. The van der Waals surface area contributed by atoms with Gasteiger partial charge in [0.2, 0.25) is 0 Å². The van der Waals surface area contributed by atoms with E-state index < -0.39 is 0 Å². The number of para-hydroxylation sites is 1. The number of hydrogen-bond donors (Lipinski definition) is 0. The van der Waals surface area contributed by atoms with Gasteiger partial charge in [0.1, 0.15) is 0 Å². The van der Waals surface area contributed by atoms with Crippen LogP contribution in [0.4, 0.5) is 0 Å². The molecule has 0 aromatic heterocycles. The van der Waals surface area contributed by atoms with E-state index >= 15 is 0 Å². The number of hydrogen-bond acceptors (Lipinski definition) is 4. The summed E-state index contributed by atoms with van der Waals surface area (Å²) in [6, 6.07) is 15.5. The van der Waals surface area contributed by atoms with E-state index in [4.69, 9.17) is 9.47 Å². The summed E-state index contributed by atoms with van der Waals surface area (Å²) in [6.45, 7) is 1.58. The summed E-state index contributed by atoms with van der Waals surface area (Å²) in [5, 5.41) is 0.473. The molecule has 0 bridgehead atoms. The molecule has 1 heterocycles. The van der Waals surface area contributed by atoms with Crippen LogP contribution in [0.3, 0.4) is 0 Å². The number of methoxy groups -OCH3 is 2. The van der Waals surface area contributed by atoms with Gasteiger partial charge in [-0.05, 0) is 37.1 Å². The van der Waals surface area contributed by atoms with Gasteiger partial charge in [-0.2, -0.15) is 0 Å². The maximum absolute atomic E-state index is 12.5. The van der Waals surface area contributed by atoms with Crippen LogP contribution < -0.4 is 9.47 Å². The van der Waals surface area contributed by atoms with Gasteiger partial charge in [-0.25, -0.2) is 0 Å². The maximum atomic E-state index is 12.5. The summed E-state index contributed by atoms with van der Waals surface area (Å²) < 4.78 is 10.9. The molecule has 2 aromatic carbocycles. The first-order chi connectivity index (χ1) is 12.2. The van der Waals surface area contributed by atoms with Crippen LogP contribution in [0.5, 0.6) is 11.5 Å². The molecule has 25 heavy (non-hydrogen) atoms. The molecule has 0 aliphatic carbocycles. The van der Waals surface area contributed by atoms with Gasteiger partial charge in [0.15, 0.2) is 11.5 Å². The lowest BCUT2D eigenvalue weighted by atomic mass is 10.1. The number of piperidine rings is 1. The average molecular weight is 357 g/mol. The molecule has 2 aromatic rings. The fourth-order valence-corrected chi connectivity index (χ4v) is 4.32. The number of amides is 1. The van der Waals surface area contributed by atoms with E-state index in [-0.39, 0.29) is 5.91 Å². The fraction of sp³-hybridized carbons (Fsp3) is 0.350. The third kappa shape index (κ3) is 4.10. The molecule has 0 saturated carbocycles. The van der Waals surface area contributed by atoms with Gasteiger partial charge in [0, 0.05) is 23.9 Å². The van der Waals surface area contributed by atoms with Gasteiger partial charge < -0.3 is 14.4 Å². The predicted octanol–water partition coefficient (Wildman–Crippen LogP) is 4.10. The summed E-state index contributed by atoms with van der Waals surface area (Å²) in [5.74, 6) is 1.67. The Bertz CT molecular complexity index is 712. The lowest BCUT2D eigenvalue weighted by molar-refractivity contribution is 0.0727. The third-order valence-electron chi connectivity index (χ3n) is 4.41. The SMILES string of the molecule is COc1cccc(SC2CCN(C(=O)c3ccccc3)CC2)c1OC. The summed E-state index contributed by atoms with van der Waals surface area (Å²) >= 11 is 1.81. The molecular formula is C20H23NO3S. The molecule has 1 aliphatic rings. The molecule has 0 radical (unpaired) electrons. The monoisotopic (exact) mass is 357 g/mol. The quantitative estimate of drug-likeness (QED) is 0.807. The van der Waals surface area contributed by atoms with Gasteiger partial charge in [0.05, 0.1) is 19.1 Å². The minimum Gasteiger partial charge on any atom is -0.493 e. The average Bonchev–Trinajstić information content (AvgIpc) is 2.68. The first-order valence-electron chi connectivity index (χ1n) is 8.45. The summed E-state index contributed by atoms with van der Waals surface area (Å²) in [4.78, 5) is 15.6. The normalized spacial score (nSPS) is 15.0. The van der Waals surface area contributed by atoms with Crippen molar-refractivity contribution in [3.63, 3.8) is 0 Å². The van der Waals surface area contributed by atoms with Crippen molar-refractivity contribution in [3.05, 3.63) is 54.1 Å². The maximum Gasteiger partial charge on any atom is 0.253 e. The highest BCUT2D eigenvalue weighted by atomic mass is 32.2. The van der Waals surface area contributed by atoms with E-state index in [1.165, 1.54) is 0 Å². The number of ether oxygens (including phenoxy) is 2. The molecule has 4 nitrogen and oxygen atoms in total. The Morgan fingerprint density at radius 2 is 1.72 bits per heavy atom. The number of benzene rings is 2. The second-order valence-corrected chi connectivity index (χ2v) is 7.31. The van der Waals surface area contributed by atoms with Crippen LogP contribution >= 0.6 is 11.8 Å². The van der Waals surface area contributed by atoms with Crippen LogP contribution in [-0.2, 0) is 0 Å². The summed E-state index contributed by atoms with van der Waals surface area (Å²) in [6.07, 6.45) is 1.95. The van der Waals surface area contributed by atoms with Crippen molar-refractivity contribution in [3.8, 4) is 11.5 Å². The van der Waals surface area contributed by atoms with E-state index in [0.717, 1.165) is 47.9 Å². The number of likely N-dealkylation sites (tertiary alicyclic amines) is 1. The fourth-order valence-electron chi connectivity index (χ4n) is 3.07. The Morgan fingerprint density at radius 3 is 2.36 bits per heavy atom. The molecule has 1 aliphatic heterocycles. The molecule has 0 N–H and O–H groups in total. The Balaban J connectivity index is 1.61. The summed E-state index contributed by atoms with van der Waals surface area (Å²) in [5.41, 5.74) is 0.767. The molecule has 1 amide bonds. The van der Waals surface area contributed by atoms with Gasteiger partial charge >= 0.3 is 0 Å². The van der Waals surface area contributed by atoms with Crippen LogP contribution in [0.2, 0.25) is 0 Å². The van der Waals surface area contributed by atoms with Crippen molar-refractivity contribution in [2.45, 2.75) is 23.0 Å². The molecule has 132 valence electrons. The Labute approximate surface area is 153 Å². The first kappa shape index (κ1) is 17.7. The van der Waals surface area contributed by atoms with Gasteiger partial charge in [-0.3, -0.25) is 4.79 Å². The predicted molar refractivity (Wildman–Crippen MR) is 101 cm³/mol. The van der Waals surface area contributed by atoms with Gasteiger partial charge in [-0.15, -0.1) is 11.8 Å². The topological polar surface area (TPSA) is 38.8 Å². The van der Waals surface area contributed by atoms with Gasteiger partial charge in [-0.1, -0.05) is 24.3 Å². The van der Waals surface area contributed by atoms with Gasteiger partial charge in [0.25, 0.3) is 5.91 Å². The van der Waals surface area contributed by atoms with Crippen molar-refractivity contribution in [2.75, 3.05) is 27.3 Å². The zero-order valence-corrected chi connectivity index (χ0v) is 15.4. The molecule has 0 atom stereocenters. The lowest BCUT2D eigenvalue weighted by Gasteiger charge is -2.32. The van der Waals surface area contributed by atoms with Crippen molar-refractivity contribution < 1.29 is 14.3 Å². The highest BCUT2D eigenvalue weighted by Crippen LogP contribution is 2.41. The number of carbonyl (C=O) groups excluding carboxylic acids is 1. The third-order valence-corrected chi connectivity index (χ3v) is 5.79. The lowest BCUT2D eigenvalue weighted by Crippen LogP contribution is -2.39. The second-order valence-electron chi connectivity index (χ2n) is 5.97. The zero-order chi connectivity index (χ0) is 17.6. The second kappa shape index (κ2) is 8.30. The van der Waals surface area contributed by atoms with E-state index in [0.29, 0.717) is 5.25 Å². The number of rotatable bonds is 5. The van der Waals surface area contributed by atoms with E-state index in [1.54, 1.807) is 14.2 Å². The highest BCUT2D eigenvalue weighted by Gasteiger charge is 2.25. The molecule has 1 fully saturated rings. The Kier molecular flexibility index (Phi) is 5.87. The molecule has 0 spiro atoms. The molecule has 3 rings (SSSR count). The van der Waals surface area contributed by atoms with Crippen LogP contribution in [-0.4, -0.2) is 43.4 Å². The van der Waals surface area contributed by atoms with E-state index in [1.807, 2.05) is 59.1 Å². The van der Waals surface area contributed by atoms with Crippen LogP contribution in [0.15, 0.2) is 53.4 Å². The minimum absolute atomic E-state index is 0.128. The first-order valence-corrected chi connectivity index (χ1v) is 9.33. The van der Waals surface area contributed by atoms with Crippen molar-refractivity contribution in [2.24, 2.45) is 0 Å². The standard InChI is InChI=1S/C20H23NO3S/c1-23-17-9-6-10-18(19(17)24-2)25-16-11-13-21(14-12-16)20(22)15-7-4-3-5-8-15/h3-10,16H,11-14H2,1-2H3. The molecule has 1 saturated heterocycles. The van der Waals surface area contributed by atoms with Crippen molar-refractivity contribution >= 4 is 17.7 Å². The molecule has 0 unspecified atom stereocenters. The molecular weight excluding hydrogens is 334 g/mol. The van der Waals surface area contributed by atoms with Crippen LogP contribution in [0.25, 0.3) is 0 Å². The van der Waals surface area contributed by atoms with Crippen molar-refractivity contribution in [1.29, 1.82) is 0 Å². The summed E-state index contributed by atoms with van der Waals surface area (Å²) in [7, 11) is 3.32.